The van der Waals surface area contributed by atoms with Crippen molar-refractivity contribution >= 4 is 39.0 Å². The van der Waals surface area contributed by atoms with E-state index in [1.165, 1.54) is 29.1 Å². The number of methoxy groups -OCH3 is 3. The topological polar surface area (TPSA) is 134 Å². The van der Waals surface area contributed by atoms with Crippen molar-refractivity contribution in [3.05, 3.63) is 82.0 Å². The largest absolute Gasteiger partial charge is 0.490 e. The Labute approximate surface area is 310 Å². The highest BCUT2D eigenvalue weighted by molar-refractivity contribution is 7.92. The van der Waals surface area contributed by atoms with E-state index in [1.54, 1.807) is 39.5 Å². The Morgan fingerprint density at radius 2 is 1.94 bits per heavy atom. The minimum absolute atomic E-state index is 0.0624. The van der Waals surface area contributed by atoms with Crippen molar-refractivity contribution in [3.63, 3.8) is 0 Å². The number of aromatic nitrogens is 2. The molecule has 4 aliphatic rings. The van der Waals surface area contributed by atoms with E-state index >= 15 is 0 Å². The molecule has 7 rings (SSSR count). The van der Waals surface area contributed by atoms with Gasteiger partial charge in [-0.1, -0.05) is 29.8 Å². The number of hydrogen-bond acceptors (Lipinski definition) is 9. The summed E-state index contributed by atoms with van der Waals surface area (Å²) in [6, 6.07) is 11.4. The lowest BCUT2D eigenvalue weighted by Crippen LogP contribution is -2.49. The SMILES string of the molecule is COc1nn(C)cc1C(=O)NS1(=O)=NC(=O)c2ccc3c(c2)N(C[C@@H]2CC[C@H]2[C@@H](OC)/C=C\[C@@H](OC)CC1)C[C@@]1(CCCc2cc(Cl)ccc21)CO3. The van der Waals surface area contributed by atoms with Gasteiger partial charge in [-0.05, 0) is 91.8 Å². The van der Waals surface area contributed by atoms with Crippen molar-refractivity contribution in [2.24, 2.45) is 23.2 Å². The van der Waals surface area contributed by atoms with Crippen LogP contribution in [0.4, 0.5) is 5.69 Å². The van der Waals surface area contributed by atoms with Crippen LogP contribution in [0.15, 0.2) is 59.1 Å². The molecule has 1 unspecified atom stereocenters. The highest BCUT2D eigenvalue weighted by atomic mass is 35.5. The Bertz CT molecular complexity index is 2010. The number of halogens is 1. The molecular weight excluding hydrogens is 706 g/mol. The number of aryl methyl sites for hydroxylation is 2. The second-order valence-electron chi connectivity index (χ2n) is 14.3. The van der Waals surface area contributed by atoms with Crippen molar-refractivity contribution in [3.8, 4) is 11.6 Å². The summed E-state index contributed by atoms with van der Waals surface area (Å²) in [5, 5.41) is 4.86. The summed E-state index contributed by atoms with van der Waals surface area (Å²) in [4.78, 5) is 29.9. The molecule has 1 saturated carbocycles. The van der Waals surface area contributed by atoms with Crippen LogP contribution < -0.4 is 19.1 Å². The smallest absolute Gasteiger partial charge is 0.286 e. The number of amides is 2. The van der Waals surface area contributed by atoms with Crippen LogP contribution in [0.3, 0.4) is 0 Å². The number of rotatable bonds is 5. The lowest BCUT2D eigenvalue weighted by atomic mass is 9.68. The molecule has 2 aliphatic heterocycles. The average molecular weight is 752 g/mol. The molecule has 52 heavy (non-hydrogen) atoms. The zero-order valence-corrected chi connectivity index (χ0v) is 31.6. The molecule has 2 aromatic carbocycles. The monoisotopic (exact) mass is 751 g/mol. The first kappa shape index (κ1) is 36.4. The number of fused-ring (bicyclic) bond motifs is 4. The van der Waals surface area contributed by atoms with Crippen molar-refractivity contribution in [2.75, 3.05) is 51.7 Å². The van der Waals surface area contributed by atoms with Gasteiger partial charge in [0.1, 0.15) is 21.2 Å². The van der Waals surface area contributed by atoms with Gasteiger partial charge in [0.2, 0.25) is 5.88 Å². The number of nitrogens with one attached hydrogen (secondary N) is 1. The Kier molecular flexibility index (Phi) is 10.4. The second-order valence-corrected chi connectivity index (χ2v) is 16.8. The minimum atomic E-state index is -3.67. The fourth-order valence-electron chi connectivity index (χ4n) is 8.26. The number of hydrogen-bond donors (Lipinski definition) is 1. The predicted molar refractivity (Wildman–Crippen MR) is 199 cm³/mol. The third kappa shape index (κ3) is 7.20. The molecule has 2 amide bonds. The summed E-state index contributed by atoms with van der Waals surface area (Å²) < 4.78 is 46.5. The van der Waals surface area contributed by atoms with Gasteiger partial charge in [0, 0.05) is 56.6 Å². The van der Waals surface area contributed by atoms with Crippen LogP contribution >= 0.6 is 11.6 Å². The van der Waals surface area contributed by atoms with Crippen LogP contribution in [-0.2, 0) is 38.3 Å². The Balaban J connectivity index is 1.31. The summed E-state index contributed by atoms with van der Waals surface area (Å²) in [5.74, 6) is -0.233. The van der Waals surface area contributed by atoms with Gasteiger partial charge in [0.15, 0.2) is 0 Å². The number of carbonyl (C=O) groups excluding carboxylic acids is 2. The molecule has 0 radical (unpaired) electrons. The van der Waals surface area contributed by atoms with Gasteiger partial charge in [0.05, 0.1) is 37.4 Å². The molecule has 1 fully saturated rings. The molecule has 14 heteroatoms. The van der Waals surface area contributed by atoms with E-state index in [-0.39, 0.29) is 46.6 Å². The van der Waals surface area contributed by atoms with E-state index in [0.29, 0.717) is 24.8 Å². The molecule has 1 N–H and O–H groups in total. The van der Waals surface area contributed by atoms with Crippen LogP contribution in [0, 0.1) is 11.8 Å². The average Bonchev–Trinajstić information content (AvgIpc) is 3.44. The molecule has 2 aliphatic carbocycles. The lowest BCUT2D eigenvalue weighted by Gasteiger charge is -2.46. The third-order valence-corrected chi connectivity index (χ3v) is 13.1. The first-order valence-corrected chi connectivity index (χ1v) is 19.8. The maximum absolute atomic E-state index is 14.6. The fraction of sp³-hybridized carbons (Fsp3) is 0.500. The lowest BCUT2D eigenvalue weighted by molar-refractivity contribution is 0.0124. The summed E-state index contributed by atoms with van der Waals surface area (Å²) in [7, 11) is 2.67. The Hall–Kier alpha value is -3.91. The number of carbonyl (C=O) groups is 2. The molecule has 0 saturated heterocycles. The molecule has 12 nitrogen and oxygen atoms in total. The van der Waals surface area contributed by atoms with Gasteiger partial charge in [0.25, 0.3) is 11.8 Å². The summed E-state index contributed by atoms with van der Waals surface area (Å²) >= 11 is 6.46. The van der Waals surface area contributed by atoms with Crippen molar-refractivity contribution in [1.82, 2.24) is 14.5 Å². The van der Waals surface area contributed by atoms with Gasteiger partial charge >= 0.3 is 0 Å². The first-order chi connectivity index (χ1) is 25.0. The van der Waals surface area contributed by atoms with E-state index in [4.69, 9.17) is 30.5 Å². The summed E-state index contributed by atoms with van der Waals surface area (Å²) in [6.45, 7) is 1.91. The van der Waals surface area contributed by atoms with E-state index < -0.39 is 27.8 Å². The van der Waals surface area contributed by atoms with Crippen LogP contribution in [0.1, 0.15) is 63.9 Å². The van der Waals surface area contributed by atoms with Crippen LogP contribution in [0.25, 0.3) is 0 Å². The van der Waals surface area contributed by atoms with Gasteiger partial charge in [-0.25, -0.2) is 4.21 Å². The molecule has 3 heterocycles. The van der Waals surface area contributed by atoms with Gasteiger partial charge in [-0.15, -0.1) is 9.46 Å². The first-order valence-electron chi connectivity index (χ1n) is 17.8. The van der Waals surface area contributed by atoms with Gasteiger partial charge in [-0.3, -0.25) is 19.0 Å². The quantitative estimate of drug-likeness (QED) is 0.335. The molecule has 3 aromatic rings. The zero-order chi connectivity index (χ0) is 36.6. The van der Waals surface area contributed by atoms with Crippen LogP contribution in [-0.4, -0.2) is 84.8 Å². The molecular formula is C38H46ClN5O7S. The standard InChI is InChI=1S/C38H46ClN5O7S/c1-43-21-30(37(40-43)50-4)36(46)42-52(47)17-15-28(48-2)10-14-33(49-3)29-11-7-26(29)20-44-22-38(16-5-6-24-18-27(39)9-12-31(24)38)23-51-34-13-8-25(19-32(34)44)35(45)41-52/h8-10,12-14,18-19,21,26,28-29,33H,5-7,11,15-17,20,22-23H2,1-4H3,(H,41,42,45,46,47)/b14-10-/t26-,28+,29+,33-,38-,52?/m0/s1. The molecule has 6 atom stereocenters. The molecule has 1 spiro atoms. The second kappa shape index (κ2) is 14.8. The maximum atomic E-state index is 14.6. The highest BCUT2D eigenvalue weighted by Gasteiger charge is 2.44. The van der Waals surface area contributed by atoms with E-state index in [0.717, 1.165) is 49.4 Å². The summed E-state index contributed by atoms with van der Waals surface area (Å²) in [5.41, 5.74) is 3.32. The van der Waals surface area contributed by atoms with E-state index in [2.05, 4.69) is 31.2 Å². The number of benzene rings is 2. The number of ether oxygens (including phenoxy) is 4. The van der Waals surface area contributed by atoms with Gasteiger partial charge in [-0.2, -0.15) is 0 Å². The molecule has 278 valence electrons. The van der Waals surface area contributed by atoms with Crippen molar-refractivity contribution in [1.29, 1.82) is 0 Å². The third-order valence-electron chi connectivity index (χ3n) is 11.1. The minimum Gasteiger partial charge on any atom is -0.490 e. The maximum Gasteiger partial charge on any atom is 0.286 e. The number of anilines is 1. The number of nitrogens with zero attached hydrogens (tertiary/aromatic N) is 4. The van der Waals surface area contributed by atoms with Crippen molar-refractivity contribution in [2.45, 2.75) is 56.1 Å². The predicted octanol–water partition coefficient (Wildman–Crippen LogP) is 5.52. The zero-order valence-electron chi connectivity index (χ0n) is 30.0. The van der Waals surface area contributed by atoms with Gasteiger partial charge < -0.3 is 23.8 Å². The fourth-order valence-corrected chi connectivity index (χ4v) is 10.0. The van der Waals surface area contributed by atoms with Crippen molar-refractivity contribution < 1.29 is 32.7 Å². The van der Waals surface area contributed by atoms with Crippen LogP contribution in [0.2, 0.25) is 5.02 Å². The molecule has 1 aromatic heterocycles. The Morgan fingerprint density at radius 1 is 1.10 bits per heavy atom. The normalized spacial score (nSPS) is 29.4. The molecule has 2 bridgehead atoms. The summed E-state index contributed by atoms with van der Waals surface area (Å²) in [6.07, 6.45) is 10.0. The van der Waals surface area contributed by atoms with E-state index in [1.807, 2.05) is 18.2 Å². The van der Waals surface area contributed by atoms with Crippen LogP contribution in [0.5, 0.6) is 11.6 Å². The van der Waals surface area contributed by atoms with E-state index in [9.17, 15) is 13.8 Å². The Morgan fingerprint density at radius 3 is 2.69 bits per heavy atom. The highest BCUT2D eigenvalue weighted by Crippen LogP contribution is 2.47.